The summed E-state index contributed by atoms with van der Waals surface area (Å²) in [5.74, 6) is 0.904. The lowest BCUT2D eigenvalue weighted by Gasteiger charge is -2.30. The van der Waals surface area contributed by atoms with Gasteiger partial charge in [-0.3, -0.25) is 5.10 Å². The number of piperidine rings is 1. The van der Waals surface area contributed by atoms with Gasteiger partial charge in [-0.15, -0.1) is 0 Å². The first-order valence-electron chi connectivity index (χ1n) is 9.70. The van der Waals surface area contributed by atoms with E-state index in [1.54, 1.807) is 18.5 Å². The van der Waals surface area contributed by atoms with Crippen LogP contribution in [0, 0.1) is 0 Å². The summed E-state index contributed by atoms with van der Waals surface area (Å²) >= 11 is 0. The van der Waals surface area contributed by atoms with E-state index in [-0.39, 0.29) is 12.0 Å². The molecule has 146 valence electrons. The molecule has 0 unspecified atom stereocenters. The van der Waals surface area contributed by atoms with Crippen LogP contribution in [0.2, 0.25) is 0 Å². The number of benzene rings is 1. The largest absolute Gasteiger partial charge is 0.493 e. The quantitative estimate of drug-likeness (QED) is 0.499. The maximum Gasteiger partial charge on any atom is 0.211 e. The van der Waals surface area contributed by atoms with Crippen molar-refractivity contribution in [2.45, 2.75) is 18.9 Å². The molecule has 7 nitrogen and oxygen atoms in total. The number of fused-ring (bicyclic) bond motifs is 1. The van der Waals surface area contributed by atoms with E-state index in [0.717, 1.165) is 65.0 Å². The summed E-state index contributed by atoms with van der Waals surface area (Å²) < 4.78 is 0. The zero-order chi connectivity index (χ0) is 19.8. The molecule has 0 aliphatic carbocycles. The van der Waals surface area contributed by atoms with Crippen LogP contribution in [0.4, 0.5) is 5.82 Å². The van der Waals surface area contributed by atoms with E-state index in [2.05, 4.69) is 37.2 Å². The summed E-state index contributed by atoms with van der Waals surface area (Å²) in [6, 6.07) is 13.6. The molecule has 1 fully saturated rings. The molecular formula is C22H21N5O2. The molecule has 3 aromatic heterocycles. The summed E-state index contributed by atoms with van der Waals surface area (Å²) in [5.41, 5.74) is 4.68. The molecule has 3 N–H and O–H groups in total. The maximum atomic E-state index is 9.75. The topological polar surface area (TPSA) is 98.2 Å². The Morgan fingerprint density at radius 3 is 2.48 bits per heavy atom. The number of pyridine rings is 2. The van der Waals surface area contributed by atoms with Gasteiger partial charge in [-0.25, -0.2) is 9.97 Å². The Morgan fingerprint density at radius 2 is 1.66 bits per heavy atom. The molecular weight excluding hydrogens is 366 g/mol. The van der Waals surface area contributed by atoms with Crippen LogP contribution < -0.4 is 4.90 Å². The van der Waals surface area contributed by atoms with Crippen LogP contribution in [0.3, 0.4) is 0 Å². The molecule has 5 rings (SSSR count). The molecule has 4 aromatic rings. The molecule has 4 heterocycles. The fourth-order valence-corrected chi connectivity index (χ4v) is 3.85. The highest BCUT2D eigenvalue weighted by Crippen LogP contribution is 2.32. The van der Waals surface area contributed by atoms with Crippen molar-refractivity contribution in [1.29, 1.82) is 0 Å². The number of H-pyrrole nitrogens is 1. The van der Waals surface area contributed by atoms with Crippen LogP contribution >= 0.6 is 0 Å². The number of aromatic hydroxyl groups is 1. The van der Waals surface area contributed by atoms with Crippen molar-refractivity contribution in [2.24, 2.45) is 0 Å². The normalized spacial score (nSPS) is 15.1. The van der Waals surface area contributed by atoms with Crippen molar-refractivity contribution < 1.29 is 10.2 Å². The molecule has 1 aliphatic heterocycles. The Morgan fingerprint density at radius 1 is 0.897 bits per heavy atom. The van der Waals surface area contributed by atoms with Crippen molar-refractivity contribution in [2.75, 3.05) is 18.0 Å². The fourth-order valence-electron chi connectivity index (χ4n) is 3.85. The maximum absolute atomic E-state index is 9.75. The van der Waals surface area contributed by atoms with E-state index in [0.29, 0.717) is 0 Å². The van der Waals surface area contributed by atoms with Crippen LogP contribution in [-0.2, 0) is 0 Å². The number of aromatic nitrogens is 4. The lowest BCUT2D eigenvalue weighted by atomic mass is 10.0. The van der Waals surface area contributed by atoms with Crippen LogP contribution in [0.1, 0.15) is 12.8 Å². The lowest BCUT2D eigenvalue weighted by molar-refractivity contribution is 0.145. The van der Waals surface area contributed by atoms with Crippen LogP contribution in [0.25, 0.3) is 33.3 Å². The van der Waals surface area contributed by atoms with Gasteiger partial charge in [0, 0.05) is 42.5 Å². The molecule has 29 heavy (non-hydrogen) atoms. The molecule has 1 saturated heterocycles. The van der Waals surface area contributed by atoms with Gasteiger partial charge < -0.3 is 15.1 Å². The van der Waals surface area contributed by atoms with Crippen LogP contribution in [-0.4, -0.2) is 49.6 Å². The van der Waals surface area contributed by atoms with Gasteiger partial charge in [-0.2, -0.15) is 5.10 Å². The zero-order valence-corrected chi connectivity index (χ0v) is 15.8. The van der Waals surface area contributed by atoms with Gasteiger partial charge in [0.2, 0.25) is 5.88 Å². The average molecular weight is 387 g/mol. The lowest BCUT2D eigenvalue weighted by Crippen LogP contribution is -2.36. The second kappa shape index (κ2) is 7.18. The number of aliphatic hydroxyl groups excluding tert-OH is 1. The molecule has 1 aliphatic rings. The van der Waals surface area contributed by atoms with Crippen molar-refractivity contribution in [1.82, 2.24) is 20.2 Å². The number of anilines is 1. The molecule has 0 radical (unpaired) electrons. The van der Waals surface area contributed by atoms with Crippen molar-refractivity contribution in [3.63, 3.8) is 0 Å². The van der Waals surface area contributed by atoms with Crippen molar-refractivity contribution in [3.8, 4) is 28.3 Å². The monoisotopic (exact) mass is 387 g/mol. The van der Waals surface area contributed by atoms with Gasteiger partial charge in [-0.1, -0.05) is 6.07 Å². The number of hydrogen-bond acceptors (Lipinski definition) is 6. The second-order valence-electron chi connectivity index (χ2n) is 7.36. The fraction of sp³-hybridized carbons (Fsp3) is 0.227. The first-order valence-corrected chi connectivity index (χ1v) is 9.70. The van der Waals surface area contributed by atoms with Gasteiger partial charge in [-0.05, 0) is 54.3 Å². The van der Waals surface area contributed by atoms with Gasteiger partial charge in [0.25, 0.3) is 0 Å². The molecule has 0 spiro atoms. The van der Waals surface area contributed by atoms with E-state index >= 15 is 0 Å². The number of nitrogens with zero attached hydrogens (tertiary/aromatic N) is 4. The SMILES string of the molecule is Oc1cc(-c2ccc3[nH]nc(-c4ccnc(N5CCC(O)CC5)c4)c3c2)ccn1. The number of nitrogens with one attached hydrogen (secondary N) is 1. The highest BCUT2D eigenvalue weighted by Gasteiger charge is 2.19. The Kier molecular flexibility index (Phi) is 4.37. The minimum absolute atomic E-state index is 0.000407. The Balaban J connectivity index is 1.53. The highest BCUT2D eigenvalue weighted by atomic mass is 16.3. The third-order valence-electron chi connectivity index (χ3n) is 5.45. The molecule has 0 atom stereocenters. The summed E-state index contributed by atoms with van der Waals surface area (Å²) in [7, 11) is 0. The van der Waals surface area contributed by atoms with Gasteiger partial charge in [0.15, 0.2) is 0 Å². The minimum Gasteiger partial charge on any atom is -0.493 e. The Labute approximate surface area is 167 Å². The zero-order valence-electron chi connectivity index (χ0n) is 15.8. The van der Waals surface area contributed by atoms with E-state index in [9.17, 15) is 10.2 Å². The van der Waals surface area contributed by atoms with Gasteiger partial charge >= 0.3 is 0 Å². The van der Waals surface area contributed by atoms with E-state index in [1.165, 1.54) is 0 Å². The van der Waals surface area contributed by atoms with Gasteiger partial charge in [0.05, 0.1) is 11.6 Å². The first kappa shape index (κ1) is 17.6. The average Bonchev–Trinajstić information content (AvgIpc) is 3.18. The Hall–Kier alpha value is -3.45. The molecule has 7 heteroatoms. The third-order valence-corrected chi connectivity index (χ3v) is 5.45. The summed E-state index contributed by atoms with van der Waals surface area (Å²) in [5, 5.41) is 28.1. The number of aliphatic hydroxyl groups is 1. The van der Waals surface area contributed by atoms with Gasteiger partial charge in [0.1, 0.15) is 11.5 Å². The van der Waals surface area contributed by atoms with E-state index in [1.807, 2.05) is 24.3 Å². The van der Waals surface area contributed by atoms with Crippen molar-refractivity contribution in [3.05, 3.63) is 54.9 Å². The predicted molar refractivity (Wildman–Crippen MR) is 112 cm³/mol. The standard InChI is InChI=1S/C22H21N5O2/c28-17-5-9-27(10-6-17)20-12-16(4-7-23-20)22-18-11-14(1-2-19(18)25-26-22)15-3-8-24-21(29)13-15/h1-4,7-8,11-13,17,28H,5-6,9-10H2,(H,24,29)(H,25,26). The summed E-state index contributed by atoms with van der Waals surface area (Å²) in [6.07, 6.45) is 4.71. The molecule has 1 aromatic carbocycles. The molecule has 0 saturated carbocycles. The van der Waals surface area contributed by atoms with E-state index < -0.39 is 0 Å². The highest BCUT2D eigenvalue weighted by molar-refractivity contribution is 5.96. The number of aromatic amines is 1. The first-order chi connectivity index (χ1) is 14.2. The minimum atomic E-state index is -0.212. The molecule has 0 bridgehead atoms. The smallest absolute Gasteiger partial charge is 0.211 e. The summed E-state index contributed by atoms with van der Waals surface area (Å²) in [6.45, 7) is 1.60. The Bertz CT molecular complexity index is 1160. The van der Waals surface area contributed by atoms with Crippen LogP contribution in [0.15, 0.2) is 54.9 Å². The third kappa shape index (κ3) is 3.40. The number of rotatable bonds is 3. The predicted octanol–water partition coefficient (Wildman–Crippen LogP) is 3.35. The summed E-state index contributed by atoms with van der Waals surface area (Å²) in [4.78, 5) is 10.6. The van der Waals surface area contributed by atoms with Crippen LogP contribution in [0.5, 0.6) is 5.88 Å². The second-order valence-corrected chi connectivity index (χ2v) is 7.36. The van der Waals surface area contributed by atoms with Crippen molar-refractivity contribution >= 4 is 16.7 Å². The van der Waals surface area contributed by atoms with E-state index in [4.69, 9.17) is 0 Å². The number of hydrogen-bond donors (Lipinski definition) is 3. The molecule has 0 amide bonds.